The number of carbonyl (C=O) groups is 1. The van der Waals surface area contributed by atoms with E-state index in [1.54, 1.807) is 6.07 Å². The summed E-state index contributed by atoms with van der Waals surface area (Å²) in [6, 6.07) is 10.6. The summed E-state index contributed by atoms with van der Waals surface area (Å²) in [5, 5.41) is 0. The Bertz CT molecular complexity index is 900. The lowest BCUT2D eigenvalue weighted by molar-refractivity contribution is -0.113. The van der Waals surface area contributed by atoms with Crippen molar-refractivity contribution in [1.82, 2.24) is 0 Å². The SMILES string of the molecule is Cc1ccc(C)c(C=C(C(N)=O)S(=O)(=O)Cc2ccc(F)cc2)c1. The summed E-state index contributed by atoms with van der Waals surface area (Å²) in [6.07, 6.45) is 1.30. The number of primary amides is 1. The Morgan fingerprint density at radius 1 is 1.12 bits per heavy atom. The first-order valence-electron chi connectivity index (χ1n) is 7.25. The van der Waals surface area contributed by atoms with Crippen LogP contribution < -0.4 is 5.73 Å². The van der Waals surface area contributed by atoms with E-state index in [9.17, 15) is 17.6 Å². The molecule has 0 saturated carbocycles. The first-order valence-corrected chi connectivity index (χ1v) is 8.90. The summed E-state index contributed by atoms with van der Waals surface area (Å²) in [7, 11) is -3.95. The van der Waals surface area contributed by atoms with Crippen LogP contribution in [0, 0.1) is 19.7 Å². The van der Waals surface area contributed by atoms with Gasteiger partial charge in [-0.15, -0.1) is 0 Å². The average Bonchev–Trinajstić information content (AvgIpc) is 2.49. The second-order valence-corrected chi connectivity index (χ2v) is 7.58. The standard InChI is InChI=1S/C18H18FNO3S/c1-12-3-4-13(2)15(9-12)10-17(18(20)21)24(22,23)11-14-5-7-16(19)8-6-14/h3-10H,11H2,1-2H3,(H2,20,21). The van der Waals surface area contributed by atoms with Gasteiger partial charge in [-0.1, -0.05) is 35.9 Å². The number of rotatable bonds is 5. The van der Waals surface area contributed by atoms with Crippen LogP contribution in [-0.4, -0.2) is 14.3 Å². The van der Waals surface area contributed by atoms with Gasteiger partial charge in [-0.2, -0.15) is 0 Å². The molecule has 0 aliphatic heterocycles. The van der Waals surface area contributed by atoms with Crippen molar-refractivity contribution in [3.8, 4) is 0 Å². The van der Waals surface area contributed by atoms with Crippen LogP contribution in [0.4, 0.5) is 4.39 Å². The highest BCUT2D eigenvalue weighted by atomic mass is 32.2. The van der Waals surface area contributed by atoms with Gasteiger partial charge in [0.05, 0.1) is 5.75 Å². The van der Waals surface area contributed by atoms with E-state index in [-0.39, 0.29) is 0 Å². The van der Waals surface area contributed by atoms with Crippen LogP contribution in [0.15, 0.2) is 47.4 Å². The van der Waals surface area contributed by atoms with E-state index < -0.39 is 32.2 Å². The van der Waals surface area contributed by atoms with Gasteiger partial charge in [0, 0.05) is 0 Å². The fraction of sp³-hybridized carbons (Fsp3) is 0.167. The first kappa shape index (κ1) is 17.9. The molecule has 0 atom stereocenters. The van der Waals surface area contributed by atoms with E-state index in [0.717, 1.165) is 11.1 Å². The highest BCUT2D eigenvalue weighted by Crippen LogP contribution is 2.20. The van der Waals surface area contributed by atoms with Gasteiger partial charge in [0.15, 0.2) is 9.84 Å². The molecule has 126 valence electrons. The van der Waals surface area contributed by atoms with Crippen LogP contribution >= 0.6 is 0 Å². The van der Waals surface area contributed by atoms with Gasteiger partial charge in [-0.25, -0.2) is 12.8 Å². The second kappa shape index (κ2) is 6.97. The molecular weight excluding hydrogens is 329 g/mol. The lowest BCUT2D eigenvalue weighted by Gasteiger charge is -2.08. The summed E-state index contributed by atoms with van der Waals surface area (Å²) in [4.78, 5) is 11.2. The number of carbonyl (C=O) groups excluding carboxylic acids is 1. The molecule has 0 saturated heterocycles. The molecule has 0 aliphatic carbocycles. The Kier molecular flexibility index (Phi) is 5.19. The zero-order valence-electron chi connectivity index (χ0n) is 13.4. The third kappa shape index (κ3) is 4.29. The number of halogens is 1. The lowest BCUT2D eigenvalue weighted by atomic mass is 10.1. The maximum Gasteiger partial charge on any atom is 0.260 e. The third-order valence-corrected chi connectivity index (χ3v) is 5.27. The molecule has 0 unspecified atom stereocenters. The summed E-state index contributed by atoms with van der Waals surface area (Å²) < 4.78 is 38.1. The third-order valence-electron chi connectivity index (χ3n) is 3.57. The van der Waals surface area contributed by atoms with Crippen LogP contribution in [0.2, 0.25) is 0 Å². The topological polar surface area (TPSA) is 77.2 Å². The monoisotopic (exact) mass is 347 g/mol. The van der Waals surface area contributed by atoms with E-state index in [1.807, 2.05) is 26.0 Å². The van der Waals surface area contributed by atoms with Gasteiger partial charge in [0.2, 0.25) is 0 Å². The summed E-state index contributed by atoms with van der Waals surface area (Å²) >= 11 is 0. The van der Waals surface area contributed by atoms with Crippen molar-refractivity contribution in [2.24, 2.45) is 5.73 Å². The molecule has 0 radical (unpaired) electrons. The Morgan fingerprint density at radius 2 is 1.75 bits per heavy atom. The molecule has 1 amide bonds. The molecule has 0 heterocycles. The maximum atomic E-state index is 12.9. The summed E-state index contributed by atoms with van der Waals surface area (Å²) in [6.45, 7) is 3.68. The van der Waals surface area contributed by atoms with Gasteiger partial charge in [-0.05, 0) is 48.7 Å². The minimum atomic E-state index is -3.95. The van der Waals surface area contributed by atoms with Gasteiger partial charge in [-0.3, -0.25) is 4.79 Å². The average molecular weight is 347 g/mol. The fourth-order valence-electron chi connectivity index (χ4n) is 2.25. The Labute approximate surface area is 140 Å². The van der Waals surface area contributed by atoms with Crippen LogP contribution in [0.1, 0.15) is 22.3 Å². The molecule has 0 bridgehead atoms. The van der Waals surface area contributed by atoms with Crippen LogP contribution in [0.5, 0.6) is 0 Å². The number of hydrogen-bond acceptors (Lipinski definition) is 3. The van der Waals surface area contributed by atoms with Crippen molar-refractivity contribution in [1.29, 1.82) is 0 Å². The van der Waals surface area contributed by atoms with E-state index in [1.165, 1.54) is 30.3 Å². The van der Waals surface area contributed by atoms with Crippen molar-refractivity contribution in [3.05, 3.63) is 75.4 Å². The molecular formula is C18H18FNO3S. The lowest BCUT2D eigenvalue weighted by Crippen LogP contribution is -2.22. The quantitative estimate of drug-likeness (QED) is 0.845. The molecule has 0 aliphatic rings. The number of amides is 1. The molecule has 2 N–H and O–H groups in total. The van der Waals surface area contributed by atoms with Crippen molar-refractivity contribution >= 4 is 21.8 Å². The molecule has 2 aromatic rings. The van der Waals surface area contributed by atoms with Crippen molar-refractivity contribution < 1.29 is 17.6 Å². The molecule has 0 spiro atoms. The van der Waals surface area contributed by atoms with Crippen LogP contribution in [0.25, 0.3) is 6.08 Å². The van der Waals surface area contributed by atoms with Gasteiger partial charge in [0.25, 0.3) is 5.91 Å². The zero-order valence-corrected chi connectivity index (χ0v) is 14.2. The Balaban J connectivity index is 2.45. The maximum absolute atomic E-state index is 12.9. The fourth-order valence-corrected chi connectivity index (χ4v) is 3.65. The van der Waals surface area contributed by atoms with Gasteiger partial charge < -0.3 is 5.73 Å². The Morgan fingerprint density at radius 3 is 2.33 bits per heavy atom. The zero-order chi connectivity index (χ0) is 17.9. The number of aryl methyl sites for hydroxylation is 2. The molecule has 2 rings (SSSR count). The van der Waals surface area contributed by atoms with E-state index >= 15 is 0 Å². The molecule has 6 heteroatoms. The number of benzene rings is 2. The van der Waals surface area contributed by atoms with Crippen LogP contribution in [0.3, 0.4) is 0 Å². The normalized spacial score (nSPS) is 12.2. The molecule has 0 fully saturated rings. The predicted octanol–water partition coefficient (Wildman–Crippen LogP) is 2.88. The number of sulfone groups is 1. The van der Waals surface area contributed by atoms with Gasteiger partial charge >= 0.3 is 0 Å². The smallest absolute Gasteiger partial charge is 0.260 e. The summed E-state index contributed by atoms with van der Waals surface area (Å²) in [5.74, 6) is -1.90. The molecule has 24 heavy (non-hydrogen) atoms. The Hall–Kier alpha value is -2.47. The minimum Gasteiger partial charge on any atom is -0.365 e. The van der Waals surface area contributed by atoms with E-state index in [4.69, 9.17) is 5.73 Å². The van der Waals surface area contributed by atoms with Gasteiger partial charge in [0.1, 0.15) is 10.7 Å². The van der Waals surface area contributed by atoms with Crippen molar-refractivity contribution in [3.63, 3.8) is 0 Å². The molecule has 4 nitrogen and oxygen atoms in total. The minimum absolute atomic E-state index is 0.379. The van der Waals surface area contributed by atoms with E-state index in [2.05, 4.69) is 0 Å². The highest BCUT2D eigenvalue weighted by Gasteiger charge is 2.24. The van der Waals surface area contributed by atoms with Crippen LogP contribution in [-0.2, 0) is 20.4 Å². The number of hydrogen-bond donors (Lipinski definition) is 1. The number of nitrogens with two attached hydrogens (primary N) is 1. The largest absolute Gasteiger partial charge is 0.365 e. The van der Waals surface area contributed by atoms with E-state index in [0.29, 0.717) is 11.1 Å². The first-order chi connectivity index (χ1) is 11.2. The van der Waals surface area contributed by atoms with Crippen molar-refractivity contribution in [2.45, 2.75) is 19.6 Å². The molecule has 0 aromatic heterocycles. The van der Waals surface area contributed by atoms with Crippen molar-refractivity contribution in [2.75, 3.05) is 0 Å². The predicted molar refractivity (Wildman–Crippen MR) is 92.1 cm³/mol. The second-order valence-electron chi connectivity index (χ2n) is 5.62. The molecule has 2 aromatic carbocycles. The summed E-state index contributed by atoms with van der Waals surface area (Å²) in [5.41, 5.74) is 8.05. The highest BCUT2D eigenvalue weighted by molar-refractivity contribution is 7.95.